The Hall–Kier alpha value is -2.18. The molecule has 3 aromatic rings. The summed E-state index contributed by atoms with van der Waals surface area (Å²) in [6.07, 6.45) is 0. The highest BCUT2D eigenvalue weighted by atomic mass is 35.5. The Balaban J connectivity index is 1.85. The Labute approximate surface area is 136 Å². The van der Waals surface area contributed by atoms with Crippen LogP contribution in [0.1, 0.15) is 21.1 Å². The van der Waals surface area contributed by atoms with Gasteiger partial charge in [-0.2, -0.15) is 5.10 Å². The molecule has 2 heterocycles. The second-order valence-electron chi connectivity index (χ2n) is 4.83. The Morgan fingerprint density at radius 1 is 1.27 bits per heavy atom. The van der Waals surface area contributed by atoms with E-state index in [4.69, 9.17) is 11.6 Å². The molecule has 2 N–H and O–H groups in total. The number of halogens is 1. The lowest BCUT2D eigenvalue weighted by Crippen LogP contribution is -2.11. The van der Waals surface area contributed by atoms with Crippen molar-refractivity contribution in [3.8, 4) is 10.6 Å². The fraction of sp³-hybridized carbons (Fsp3) is 0.133. The van der Waals surface area contributed by atoms with Gasteiger partial charge in [-0.25, -0.2) is 4.98 Å². The molecule has 0 saturated carbocycles. The van der Waals surface area contributed by atoms with Crippen LogP contribution in [-0.4, -0.2) is 21.1 Å². The third-order valence-electron chi connectivity index (χ3n) is 3.04. The van der Waals surface area contributed by atoms with E-state index in [9.17, 15) is 4.79 Å². The monoisotopic (exact) mass is 332 g/mol. The minimum Gasteiger partial charge on any atom is -0.304 e. The van der Waals surface area contributed by atoms with E-state index in [-0.39, 0.29) is 5.91 Å². The van der Waals surface area contributed by atoms with Crippen molar-refractivity contribution in [1.29, 1.82) is 0 Å². The van der Waals surface area contributed by atoms with Gasteiger partial charge >= 0.3 is 0 Å². The number of hydrogen-bond acceptors (Lipinski definition) is 4. The SMILES string of the molecule is Cc1cc(NC(=O)c2sc(-c3ccc(Cl)cc3)nc2C)n[nH]1. The number of carbonyl (C=O) groups is 1. The summed E-state index contributed by atoms with van der Waals surface area (Å²) in [6, 6.07) is 9.16. The number of nitrogens with one attached hydrogen (secondary N) is 2. The zero-order valence-corrected chi connectivity index (χ0v) is 13.5. The normalized spacial score (nSPS) is 10.7. The number of rotatable bonds is 3. The lowest BCUT2D eigenvalue weighted by atomic mass is 10.2. The van der Waals surface area contributed by atoms with Crippen molar-refractivity contribution in [3.05, 3.63) is 51.6 Å². The average molecular weight is 333 g/mol. The topological polar surface area (TPSA) is 70.7 Å². The van der Waals surface area contributed by atoms with Crippen molar-refractivity contribution in [2.24, 2.45) is 0 Å². The molecule has 1 aromatic carbocycles. The number of thiazole rings is 1. The van der Waals surface area contributed by atoms with Crippen LogP contribution in [0.2, 0.25) is 5.02 Å². The van der Waals surface area contributed by atoms with Crippen molar-refractivity contribution in [2.45, 2.75) is 13.8 Å². The molecule has 0 aliphatic carbocycles. The van der Waals surface area contributed by atoms with Gasteiger partial charge in [0.1, 0.15) is 9.88 Å². The molecule has 5 nitrogen and oxygen atoms in total. The van der Waals surface area contributed by atoms with E-state index in [2.05, 4.69) is 20.5 Å². The van der Waals surface area contributed by atoms with Gasteiger partial charge in [0.2, 0.25) is 0 Å². The summed E-state index contributed by atoms with van der Waals surface area (Å²) in [4.78, 5) is 17.4. The molecule has 0 spiro atoms. The first-order chi connectivity index (χ1) is 10.5. The summed E-state index contributed by atoms with van der Waals surface area (Å²) in [7, 11) is 0. The standard InChI is InChI=1S/C15H13ClN4OS/c1-8-7-12(20-19-8)18-14(21)13-9(2)17-15(22-13)10-3-5-11(16)6-4-10/h3-7H,1-2H3,(H2,18,19,20,21). The van der Waals surface area contributed by atoms with E-state index in [1.54, 1.807) is 18.2 Å². The Kier molecular flexibility index (Phi) is 3.96. The summed E-state index contributed by atoms with van der Waals surface area (Å²) in [5, 5.41) is 11.0. The number of aromatic nitrogens is 3. The zero-order valence-electron chi connectivity index (χ0n) is 12.0. The number of aryl methyl sites for hydroxylation is 2. The van der Waals surface area contributed by atoms with Gasteiger partial charge in [0.25, 0.3) is 5.91 Å². The van der Waals surface area contributed by atoms with Crippen LogP contribution in [0.5, 0.6) is 0 Å². The number of H-pyrrole nitrogens is 1. The molecular weight excluding hydrogens is 320 g/mol. The maximum atomic E-state index is 12.3. The molecule has 112 valence electrons. The van der Waals surface area contributed by atoms with Crippen molar-refractivity contribution in [1.82, 2.24) is 15.2 Å². The van der Waals surface area contributed by atoms with Crippen LogP contribution < -0.4 is 5.32 Å². The lowest BCUT2D eigenvalue weighted by molar-refractivity contribution is 0.102. The summed E-state index contributed by atoms with van der Waals surface area (Å²) in [5.74, 6) is 0.296. The number of carbonyl (C=O) groups excluding carboxylic acids is 1. The van der Waals surface area contributed by atoms with Crippen LogP contribution >= 0.6 is 22.9 Å². The average Bonchev–Trinajstić information content (AvgIpc) is 3.06. The van der Waals surface area contributed by atoms with E-state index >= 15 is 0 Å². The van der Waals surface area contributed by atoms with Gasteiger partial charge in [-0.15, -0.1) is 11.3 Å². The predicted molar refractivity (Wildman–Crippen MR) is 88.6 cm³/mol. The van der Waals surface area contributed by atoms with Gasteiger partial charge < -0.3 is 5.32 Å². The molecular formula is C15H13ClN4OS. The molecule has 2 aromatic heterocycles. The van der Waals surface area contributed by atoms with Crippen LogP contribution in [0, 0.1) is 13.8 Å². The van der Waals surface area contributed by atoms with Crippen LogP contribution in [0.15, 0.2) is 30.3 Å². The number of amides is 1. The van der Waals surface area contributed by atoms with E-state index in [0.29, 0.717) is 21.4 Å². The van der Waals surface area contributed by atoms with E-state index in [0.717, 1.165) is 16.3 Å². The minimum atomic E-state index is -0.207. The first-order valence-corrected chi connectivity index (χ1v) is 7.79. The van der Waals surface area contributed by atoms with Crippen LogP contribution in [0.25, 0.3) is 10.6 Å². The predicted octanol–water partition coefficient (Wildman–Crippen LogP) is 4.06. The fourth-order valence-electron chi connectivity index (χ4n) is 1.98. The molecule has 0 fully saturated rings. The molecule has 0 unspecified atom stereocenters. The number of hydrogen-bond donors (Lipinski definition) is 2. The van der Waals surface area contributed by atoms with Crippen molar-refractivity contribution >= 4 is 34.7 Å². The van der Waals surface area contributed by atoms with Crippen LogP contribution in [0.4, 0.5) is 5.82 Å². The number of anilines is 1. The van der Waals surface area contributed by atoms with Crippen molar-refractivity contribution in [2.75, 3.05) is 5.32 Å². The highest BCUT2D eigenvalue weighted by Crippen LogP contribution is 2.29. The molecule has 22 heavy (non-hydrogen) atoms. The minimum absolute atomic E-state index is 0.207. The Morgan fingerprint density at radius 3 is 2.64 bits per heavy atom. The molecule has 0 aliphatic heterocycles. The zero-order chi connectivity index (χ0) is 15.7. The third kappa shape index (κ3) is 3.03. The van der Waals surface area contributed by atoms with Crippen LogP contribution in [0.3, 0.4) is 0 Å². The highest BCUT2D eigenvalue weighted by Gasteiger charge is 2.17. The van der Waals surface area contributed by atoms with E-state index in [1.807, 2.05) is 26.0 Å². The van der Waals surface area contributed by atoms with Gasteiger partial charge in [0, 0.05) is 22.3 Å². The summed E-state index contributed by atoms with van der Waals surface area (Å²) < 4.78 is 0. The van der Waals surface area contributed by atoms with Gasteiger partial charge in [0.05, 0.1) is 5.69 Å². The molecule has 0 aliphatic rings. The largest absolute Gasteiger partial charge is 0.304 e. The molecule has 3 rings (SSSR count). The van der Waals surface area contributed by atoms with Gasteiger partial charge in [-0.05, 0) is 26.0 Å². The van der Waals surface area contributed by atoms with E-state index in [1.165, 1.54) is 11.3 Å². The maximum absolute atomic E-state index is 12.3. The lowest BCUT2D eigenvalue weighted by Gasteiger charge is -1.98. The second-order valence-corrected chi connectivity index (χ2v) is 6.27. The van der Waals surface area contributed by atoms with Gasteiger partial charge in [0.15, 0.2) is 5.82 Å². The van der Waals surface area contributed by atoms with Crippen molar-refractivity contribution in [3.63, 3.8) is 0 Å². The smallest absolute Gasteiger partial charge is 0.268 e. The molecule has 0 atom stereocenters. The first-order valence-electron chi connectivity index (χ1n) is 6.59. The second kappa shape index (κ2) is 5.90. The summed E-state index contributed by atoms with van der Waals surface area (Å²) in [6.45, 7) is 3.69. The van der Waals surface area contributed by atoms with Gasteiger partial charge in [-0.3, -0.25) is 9.89 Å². The molecule has 0 radical (unpaired) electrons. The summed E-state index contributed by atoms with van der Waals surface area (Å²) >= 11 is 7.24. The van der Waals surface area contributed by atoms with Crippen molar-refractivity contribution < 1.29 is 4.79 Å². The maximum Gasteiger partial charge on any atom is 0.268 e. The Bertz CT molecular complexity index is 822. The quantitative estimate of drug-likeness (QED) is 0.760. The first kappa shape index (κ1) is 14.7. The van der Waals surface area contributed by atoms with E-state index < -0.39 is 0 Å². The fourth-order valence-corrected chi connectivity index (χ4v) is 3.07. The summed E-state index contributed by atoms with van der Waals surface area (Å²) in [5.41, 5.74) is 2.52. The third-order valence-corrected chi connectivity index (χ3v) is 4.50. The molecule has 7 heteroatoms. The van der Waals surface area contributed by atoms with Crippen LogP contribution in [-0.2, 0) is 0 Å². The van der Waals surface area contributed by atoms with Gasteiger partial charge in [-0.1, -0.05) is 23.7 Å². The number of nitrogens with zero attached hydrogens (tertiary/aromatic N) is 2. The molecule has 1 amide bonds. The highest BCUT2D eigenvalue weighted by molar-refractivity contribution is 7.17. The number of benzene rings is 1. The number of aromatic amines is 1. The molecule has 0 saturated heterocycles. The Morgan fingerprint density at radius 2 is 2.00 bits per heavy atom. The molecule has 0 bridgehead atoms.